The van der Waals surface area contributed by atoms with E-state index in [4.69, 9.17) is 0 Å². The molecule has 3 heteroatoms. The van der Waals surface area contributed by atoms with Crippen LogP contribution in [0.3, 0.4) is 0 Å². The molecule has 0 N–H and O–H groups in total. The van der Waals surface area contributed by atoms with E-state index >= 15 is 0 Å². The summed E-state index contributed by atoms with van der Waals surface area (Å²) < 4.78 is 0. The minimum atomic E-state index is -0.171. The molecule has 0 bridgehead atoms. The lowest BCUT2D eigenvalue weighted by molar-refractivity contribution is 0.500. The van der Waals surface area contributed by atoms with E-state index in [1.807, 2.05) is 0 Å². The third-order valence-corrected chi connectivity index (χ3v) is 5.18. The average molecular weight is 327 g/mol. The van der Waals surface area contributed by atoms with Gasteiger partial charge < -0.3 is 5.21 Å². The molecule has 2 nitrogen and oxygen atoms in total. The molecule has 0 aromatic carbocycles. The molecule has 22 heavy (non-hydrogen) atoms. The fraction of sp³-hybridized carbons (Fsp3) is 0.947. The van der Waals surface area contributed by atoms with Crippen molar-refractivity contribution in [1.82, 2.24) is 0 Å². The van der Waals surface area contributed by atoms with Crippen LogP contribution in [0.1, 0.15) is 110 Å². The lowest BCUT2D eigenvalue weighted by Gasteiger charge is -2.18. The molecule has 0 heterocycles. The lowest BCUT2D eigenvalue weighted by Crippen LogP contribution is -2.17. The molecule has 0 aromatic heterocycles. The summed E-state index contributed by atoms with van der Waals surface area (Å²) in [5, 5.41) is 13.4. The number of rotatable bonds is 15. The van der Waals surface area contributed by atoms with Crippen LogP contribution >= 0.6 is 9.24 Å². The third-order valence-electron chi connectivity index (χ3n) is 4.47. The largest absolute Gasteiger partial charge is 0.498 e. The first-order valence-corrected chi connectivity index (χ1v) is 10.1. The second kappa shape index (κ2) is 15.6. The maximum atomic E-state index is 10.6. The predicted molar refractivity (Wildman–Crippen MR) is 104 cm³/mol. The van der Waals surface area contributed by atoms with Crippen LogP contribution in [0.25, 0.3) is 5.01 Å². The number of hydrogen-bond acceptors (Lipinski definition) is 1. The Morgan fingerprint density at radius 3 is 1.45 bits per heavy atom. The van der Waals surface area contributed by atoms with Crippen molar-refractivity contribution in [2.75, 3.05) is 0 Å². The van der Waals surface area contributed by atoms with Crippen LogP contribution in [0.15, 0.2) is 0 Å². The van der Waals surface area contributed by atoms with E-state index in [9.17, 15) is 5.21 Å². The summed E-state index contributed by atoms with van der Waals surface area (Å²) in [6, 6.07) is 2.80. The van der Waals surface area contributed by atoms with Gasteiger partial charge >= 0.3 is 6.07 Å². The Balaban J connectivity index is 3.78. The van der Waals surface area contributed by atoms with Crippen LogP contribution in [0.4, 0.5) is 0 Å². The van der Waals surface area contributed by atoms with Crippen molar-refractivity contribution < 1.29 is 0 Å². The van der Waals surface area contributed by atoms with Crippen LogP contribution in [0, 0.1) is 11.3 Å². The first kappa shape index (κ1) is 21.7. The van der Waals surface area contributed by atoms with E-state index in [1.54, 1.807) is 0 Å². The van der Waals surface area contributed by atoms with Gasteiger partial charge in [-0.05, 0) is 12.8 Å². The summed E-state index contributed by atoms with van der Waals surface area (Å²) in [5.74, 6) is 0. The Kier molecular flexibility index (Phi) is 15.4. The van der Waals surface area contributed by atoms with Crippen LogP contribution in [0.5, 0.6) is 0 Å². The predicted octanol–water partition coefficient (Wildman–Crippen LogP) is 7.32. The number of hydrogen-bond donors (Lipinski definition) is 0. The molecule has 0 saturated carbocycles. The van der Waals surface area contributed by atoms with Gasteiger partial charge in [-0.3, -0.25) is 0 Å². The van der Waals surface area contributed by atoms with E-state index in [2.05, 4.69) is 34.2 Å². The van der Waals surface area contributed by atoms with Gasteiger partial charge in [0.05, 0.1) is 0 Å². The Hall–Kier alpha value is -0.280. The molecular weight excluding hydrogens is 289 g/mol. The average Bonchev–Trinajstić information content (AvgIpc) is 2.50. The van der Waals surface area contributed by atoms with E-state index < -0.39 is 0 Å². The van der Waals surface area contributed by atoms with Crippen molar-refractivity contribution >= 4 is 9.24 Å². The Labute approximate surface area is 141 Å². The summed E-state index contributed by atoms with van der Waals surface area (Å²) >= 11 is 0. The first-order valence-electron chi connectivity index (χ1n) is 9.57. The van der Waals surface area contributed by atoms with Crippen molar-refractivity contribution in [3.8, 4) is 6.07 Å². The van der Waals surface area contributed by atoms with Gasteiger partial charge in [-0.2, -0.15) is 0 Å². The molecule has 0 aliphatic rings. The summed E-state index contributed by atoms with van der Waals surface area (Å²) in [5.41, 5.74) is 0. The number of unbranched alkanes of at least 4 members (excludes halogenated alkanes) is 11. The van der Waals surface area contributed by atoms with E-state index in [1.165, 1.54) is 83.5 Å². The fourth-order valence-corrected chi connectivity index (χ4v) is 3.41. The van der Waals surface area contributed by atoms with Gasteiger partial charge in [0.2, 0.25) is 0 Å². The second-order valence-corrected chi connectivity index (χ2v) is 7.85. The Morgan fingerprint density at radius 2 is 1.09 bits per heavy atom. The highest BCUT2D eigenvalue weighted by molar-refractivity contribution is 7.19. The van der Waals surface area contributed by atoms with Crippen molar-refractivity contribution in [3.63, 3.8) is 0 Å². The van der Waals surface area contributed by atoms with Crippen molar-refractivity contribution in [2.45, 2.75) is 115 Å². The Morgan fingerprint density at radius 1 is 0.727 bits per heavy atom. The van der Waals surface area contributed by atoms with Gasteiger partial charge in [-0.1, -0.05) is 97.3 Å². The molecule has 2 atom stereocenters. The normalized spacial score (nSPS) is 13.4. The van der Waals surface area contributed by atoms with E-state index in [0.717, 1.165) is 12.8 Å². The quantitative estimate of drug-likeness (QED) is 0.176. The molecule has 130 valence electrons. The van der Waals surface area contributed by atoms with Crippen molar-refractivity contribution in [1.29, 1.82) is 0 Å². The minimum absolute atomic E-state index is 0.171. The molecule has 0 aliphatic carbocycles. The highest BCUT2D eigenvalue weighted by Crippen LogP contribution is 2.31. The van der Waals surface area contributed by atoms with E-state index in [-0.39, 0.29) is 5.16 Å². The molecule has 0 fully saturated rings. The smallest absolute Gasteiger partial charge is 0.309 e. The van der Waals surface area contributed by atoms with Crippen LogP contribution in [-0.4, -0.2) is 5.16 Å². The lowest BCUT2D eigenvalue weighted by atomic mass is 9.94. The third kappa shape index (κ3) is 13.4. The number of nitrogens with zero attached hydrogens (tertiary/aromatic N) is 1. The zero-order valence-electron chi connectivity index (χ0n) is 15.0. The Bertz CT molecular complexity index is 298. The van der Waals surface area contributed by atoms with Gasteiger partial charge in [-0.15, -0.1) is 9.24 Å². The maximum absolute atomic E-state index is 10.6. The summed E-state index contributed by atoms with van der Waals surface area (Å²) in [6.45, 7) is 4.50. The SMILES string of the molecule is CCCCCCCCCC(P)(C#[N+][O-])CCCCCCCC. The maximum Gasteiger partial charge on any atom is 0.309 e. The second-order valence-electron chi connectivity index (χ2n) is 6.75. The van der Waals surface area contributed by atoms with Crippen molar-refractivity contribution in [3.05, 3.63) is 10.2 Å². The van der Waals surface area contributed by atoms with Gasteiger partial charge in [0, 0.05) is 5.01 Å². The van der Waals surface area contributed by atoms with Gasteiger partial charge in [0.1, 0.15) is 5.16 Å². The highest BCUT2D eigenvalue weighted by atomic mass is 31.0. The fourth-order valence-electron chi connectivity index (χ4n) is 2.95. The van der Waals surface area contributed by atoms with Gasteiger partial charge in [-0.25, -0.2) is 0 Å². The molecule has 0 radical (unpaired) electrons. The molecule has 2 unspecified atom stereocenters. The molecule has 0 saturated heterocycles. The summed E-state index contributed by atoms with van der Waals surface area (Å²) in [7, 11) is 2.85. The summed E-state index contributed by atoms with van der Waals surface area (Å²) in [4.78, 5) is 0. The standard InChI is InChI=1S/C19H38NOP/c1-3-5-7-9-11-13-15-17-19(22,18-20-21)16-14-12-10-8-6-4-2/h3-17,22H2,1-2H3. The summed E-state index contributed by atoms with van der Waals surface area (Å²) in [6.07, 6.45) is 19.0. The highest BCUT2D eigenvalue weighted by Gasteiger charge is 2.27. The van der Waals surface area contributed by atoms with E-state index in [0.29, 0.717) is 0 Å². The van der Waals surface area contributed by atoms with Crippen LogP contribution < -0.4 is 0 Å². The topological polar surface area (TPSA) is 27.4 Å². The molecule has 0 amide bonds. The van der Waals surface area contributed by atoms with Crippen LogP contribution in [0.2, 0.25) is 0 Å². The molecule has 0 rings (SSSR count). The van der Waals surface area contributed by atoms with Crippen molar-refractivity contribution in [2.24, 2.45) is 0 Å². The minimum Gasteiger partial charge on any atom is -0.498 e. The molecule has 0 spiro atoms. The molecular formula is C19H38NOP. The zero-order chi connectivity index (χ0) is 16.5. The van der Waals surface area contributed by atoms with Crippen LogP contribution in [-0.2, 0) is 0 Å². The molecule has 0 aromatic rings. The first-order chi connectivity index (χ1) is 10.7. The molecule has 0 aliphatic heterocycles. The zero-order valence-corrected chi connectivity index (χ0v) is 16.2. The van der Waals surface area contributed by atoms with Gasteiger partial charge in [0.25, 0.3) is 0 Å². The van der Waals surface area contributed by atoms with Gasteiger partial charge in [0.15, 0.2) is 0 Å². The monoisotopic (exact) mass is 327 g/mol.